The first-order valence-electron chi connectivity index (χ1n) is 9.53. The summed E-state index contributed by atoms with van der Waals surface area (Å²) in [4.78, 5) is 12.8. The second-order valence-corrected chi connectivity index (χ2v) is 14.2. The van der Waals surface area contributed by atoms with Crippen molar-refractivity contribution in [2.45, 2.75) is 82.7 Å². The largest absolute Gasteiger partial charge is 0.444 e. The first-order valence-corrected chi connectivity index (χ1v) is 13.3. The standard InChI is InChI=1S/C20H30ClNO4Si/c1-18(2,3)25-17(23)22-19(14-10-7-8-11-15(14)21)13-9-12-16-20(19,24-16)26-27(4,5)6/h7-8,10-11,16H,9,12-13H2,1-6H3,(H,22,23)/t16-,19-,20+/m1/s1. The van der Waals surface area contributed by atoms with Crippen LogP contribution in [-0.2, 0) is 19.4 Å². The Hall–Kier alpha value is -1.08. The van der Waals surface area contributed by atoms with Crippen molar-refractivity contribution in [2.75, 3.05) is 0 Å². The molecule has 1 heterocycles. The molecule has 150 valence electrons. The third-order valence-corrected chi connectivity index (χ3v) is 6.05. The van der Waals surface area contributed by atoms with E-state index in [0.29, 0.717) is 11.4 Å². The van der Waals surface area contributed by atoms with Gasteiger partial charge in [-0.2, -0.15) is 0 Å². The molecular weight excluding hydrogens is 382 g/mol. The van der Waals surface area contributed by atoms with Gasteiger partial charge in [-0.1, -0.05) is 29.8 Å². The average Bonchev–Trinajstić information content (AvgIpc) is 3.18. The molecule has 1 aromatic carbocycles. The number of hydrogen-bond donors (Lipinski definition) is 1. The van der Waals surface area contributed by atoms with Crippen LogP contribution >= 0.6 is 11.6 Å². The average molecular weight is 412 g/mol. The van der Waals surface area contributed by atoms with Crippen molar-refractivity contribution in [1.29, 1.82) is 0 Å². The van der Waals surface area contributed by atoms with Crippen LogP contribution in [0.15, 0.2) is 24.3 Å². The van der Waals surface area contributed by atoms with E-state index in [0.717, 1.165) is 18.4 Å². The molecule has 27 heavy (non-hydrogen) atoms. The van der Waals surface area contributed by atoms with Gasteiger partial charge in [-0.25, -0.2) is 4.79 Å². The van der Waals surface area contributed by atoms with Crippen LogP contribution in [0.1, 0.15) is 45.6 Å². The summed E-state index contributed by atoms with van der Waals surface area (Å²) >= 11 is 6.59. The van der Waals surface area contributed by atoms with Crippen LogP contribution in [0.2, 0.25) is 24.7 Å². The van der Waals surface area contributed by atoms with E-state index in [-0.39, 0.29) is 6.10 Å². The molecule has 1 aliphatic carbocycles. The van der Waals surface area contributed by atoms with Crippen LogP contribution < -0.4 is 5.32 Å². The lowest BCUT2D eigenvalue weighted by molar-refractivity contribution is -0.0515. The van der Waals surface area contributed by atoms with Crippen LogP contribution in [0.25, 0.3) is 0 Å². The molecule has 1 amide bonds. The Bertz CT molecular complexity index is 729. The third kappa shape index (κ3) is 4.04. The van der Waals surface area contributed by atoms with Crippen molar-refractivity contribution in [3.8, 4) is 0 Å². The molecule has 5 nitrogen and oxygen atoms in total. The number of ether oxygens (including phenoxy) is 2. The van der Waals surface area contributed by atoms with Gasteiger partial charge in [0.1, 0.15) is 17.2 Å². The fourth-order valence-electron chi connectivity index (χ4n) is 3.98. The molecule has 0 radical (unpaired) electrons. The fourth-order valence-corrected chi connectivity index (χ4v) is 5.55. The second-order valence-electron chi connectivity index (χ2n) is 9.39. The molecule has 3 rings (SSSR count). The van der Waals surface area contributed by atoms with Crippen molar-refractivity contribution in [1.82, 2.24) is 5.32 Å². The fraction of sp³-hybridized carbons (Fsp3) is 0.650. The summed E-state index contributed by atoms with van der Waals surface area (Å²) in [7, 11) is -1.97. The van der Waals surface area contributed by atoms with Gasteiger partial charge in [-0.3, -0.25) is 0 Å². The molecule has 2 aliphatic rings. The Balaban J connectivity index is 2.07. The van der Waals surface area contributed by atoms with Crippen LogP contribution in [-0.4, -0.2) is 31.9 Å². The number of epoxide rings is 1. The summed E-state index contributed by atoms with van der Waals surface area (Å²) in [5.41, 5.74) is -0.661. The zero-order valence-electron chi connectivity index (χ0n) is 17.0. The first-order chi connectivity index (χ1) is 12.4. The van der Waals surface area contributed by atoms with Gasteiger partial charge in [-0.15, -0.1) is 0 Å². The summed E-state index contributed by atoms with van der Waals surface area (Å²) in [6.45, 7) is 11.9. The van der Waals surface area contributed by atoms with Gasteiger partial charge >= 0.3 is 6.09 Å². The Morgan fingerprint density at radius 3 is 2.56 bits per heavy atom. The van der Waals surface area contributed by atoms with E-state index < -0.39 is 31.3 Å². The molecule has 0 unspecified atom stereocenters. The molecule has 1 N–H and O–H groups in total. The van der Waals surface area contributed by atoms with E-state index >= 15 is 0 Å². The van der Waals surface area contributed by atoms with Gasteiger partial charge in [0.2, 0.25) is 5.79 Å². The minimum Gasteiger partial charge on any atom is -0.444 e. The topological polar surface area (TPSA) is 60.1 Å². The van der Waals surface area contributed by atoms with Crippen molar-refractivity contribution < 1.29 is 18.7 Å². The lowest BCUT2D eigenvalue weighted by Gasteiger charge is -2.45. The Kier molecular flexibility index (Phi) is 5.17. The number of alkyl carbamates (subject to hydrolysis) is 1. The van der Waals surface area contributed by atoms with Crippen LogP contribution in [0.4, 0.5) is 4.79 Å². The maximum absolute atomic E-state index is 12.8. The highest BCUT2D eigenvalue weighted by molar-refractivity contribution is 6.69. The maximum atomic E-state index is 12.8. The minimum absolute atomic E-state index is 0.0517. The smallest absolute Gasteiger partial charge is 0.408 e. The number of benzene rings is 1. The van der Waals surface area contributed by atoms with Gasteiger partial charge in [0.15, 0.2) is 8.32 Å². The van der Waals surface area contributed by atoms with Crippen molar-refractivity contribution >= 4 is 26.0 Å². The zero-order valence-corrected chi connectivity index (χ0v) is 18.8. The van der Waals surface area contributed by atoms with Crippen molar-refractivity contribution in [3.05, 3.63) is 34.9 Å². The Labute approximate surface area is 167 Å². The second kappa shape index (κ2) is 6.76. The summed E-state index contributed by atoms with van der Waals surface area (Å²) in [5, 5.41) is 3.71. The highest BCUT2D eigenvalue weighted by Crippen LogP contribution is 2.60. The summed E-state index contributed by atoms with van der Waals surface area (Å²) in [6.07, 6.45) is 1.95. The number of nitrogens with one attached hydrogen (secondary N) is 1. The van der Waals surface area contributed by atoms with E-state index in [1.807, 2.05) is 45.0 Å². The van der Waals surface area contributed by atoms with E-state index in [2.05, 4.69) is 25.0 Å². The molecule has 1 aromatic rings. The van der Waals surface area contributed by atoms with Crippen LogP contribution in [0.5, 0.6) is 0 Å². The van der Waals surface area contributed by atoms with Gasteiger partial charge in [0.25, 0.3) is 0 Å². The number of carbonyl (C=O) groups is 1. The molecule has 1 saturated carbocycles. The SMILES string of the molecule is CC(C)(C)OC(=O)N[C@@]1(c2ccccc2Cl)CCC[C@H]2O[C@]21O[Si](C)(C)C. The predicted octanol–water partition coefficient (Wildman–Crippen LogP) is 5.19. The summed E-state index contributed by atoms with van der Waals surface area (Å²) in [5.74, 6) is -0.891. The summed E-state index contributed by atoms with van der Waals surface area (Å²) < 4.78 is 18.3. The number of halogens is 1. The number of fused-ring (bicyclic) bond motifs is 1. The molecule has 3 atom stereocenters. The first kappa shape index (κ1) is 20.6. The maximum Gasteiger partial charge on any atom is 0.408 e. The van der Waals surface area contributed by atoms with Crippen LogP contribution in [0.3, 0.4) is 0 Å². The van der Waals surface area contributed by atoms with E-state index in [1.165, 1.54) is 0 Å². The molecule has 7 heteroatoms. The van der Waals surface area contributed by atoms with Gasteiger partial charge in [0, 0.05) is 10.6 Å². The highest BCUT2D eigenvalue weighted by Gasteiger charge is 2.74. The normalized spacial score (nSPS) is 30.4. The van der Waals surface area contributed by atoms with E-state index in [4.69, 9.17) is 25.5 Å². The monoisotopic (exact) mass is 411 g/mol. The predicted molar refractivity (Wildman–Crippen MR) is 108 cm³/mol. The Morgan fingerprint density at radius 1 is 1.30 bits per heavy atom. The third-order valence-electron chi connectivity index (χ3n) is 4.80. The van der Waals surface area contributed by atoms with Gasteiger partial charge in [0.05, 0.1) is 0 Å². The number of rotatable bonds is 4. The molecular formula is C20H30ClNO4Si. The Morgan fingerprint density at radius 2 is 1.96 bits per heavy atom. The number of amides is 1. The zero-order chi connectivity index (χ0) is 20.1. The number of carbonyl (C=O) groups excluding carboxylic acids is 1. The molecule has 1 aliphatic heterocycles. The van der Waals surface area contributed by atoms with E-state index in [9.17, 15) is 4.79 Å². The van der Waals surface area contributed by atoms with Gasteiger partial charge in [-0.05, 0) is 65.7 Å². The molecule has 1 saturated heterocycles. The number of hydrogen-bond acceptors (Lipinski definition) is 4. The highest BCUT2D eigenvalue weighted by atomic mass is 35.5. The quantitative estimate of drug-likeness (QED) is 0.547. The van der Waals surface area contributed by atoms with E-state index in [1.54, 1.807) is 0 Å². The molecule has 0 aromatic heterocycles. The lowest BCUT2D eigenvalue weighted by Crippen LogP contribution is -2.62. The molecule has 0 spiro atoms. The molecule has 0 bridgehead atoms. The lowest BCUT2D eigenvalue weighted by atomic mass is 9.74. The van der Waals surface area contributed by atoms with Crippen LogP contribution in [0, 0.1) is 0 Å². The minimum atomic E-state index is -1.97. The summed E-state index contributed by atoms with van der Waals surface area (Å²) in [6, 6.07) is 7.59. The van der Waals surface area contributed by atoms with Crippen molar-refractivity contribution in [2.24, 2.45) is 0 Å². The van der Waals surface area contributed by atoms with Gasteiger partial charge < -0.3 is 19.2 Å². The van der Waals surface area contributed by atoms with Crippen molar-refractivity contribution in [3.63, 3.8) is 0 Å². The molecule has 2 fully saturated rings.